The highest BCUT2D eigenvalue weighted by Crippen LogP contribution is 2.34. The van der Waals surface area contributed by atoms with Gasteiger partial charge in [0.25, 0.3) is 0 Å². The zero-order valence-electron chi connectivity index (χ0n) is 75.5. The van der Waals surface area contributed by atoms with Crippen molar-refractivity contribution in [3.63, 3.8) is 0 Å². The number of carbonyl (C=O) groups excluding carboxylic acids is 8. The molecule has 30 nitrogen and oxygen atoms in total. The molecule has 16 atom stereocenters. The molecule has 0 bridgehead atoms. The van der Waals surface area contributed by atoms with Crippen LogP contribution in [0.4, 0.5) is 38.4 Å². The van der Waals surface area contributed by atoms with Crippen LogP contribution in [0.25, 0.3) is 0 Å². The summed E-state index contributed by atoms with van der Waals surface area (Å²) in [7, 11) is 0. The van der Waals surface area contributed by atoms with Gasteiger partial charge in [0.15, 0.2) is 0 Å². The van der Waals surface area contributed by atoms with Crippen LogP contribution in [-0.4, -0.2) is 230 Å². The molecule has 672 valence electrons. The molecule has 4 aliphatic carbocycles. The van der Waals surface area contributed by atoms with Crippen molar-refractivity contribution in [2.45, 2.75) is 437 Å². The number of nitrogens with one attached hydrogen (secondary N) is 2. The van der Waals surface area contributed by atoms with Crippen molar-refractivity contribution in [2.24, 2.45) is 0 Å². The van der Waals surface area contributed by atoms with Gasteiger partial charge in [-0.05, 0) is 259 Å². The maximum atomic E-state index is 12.3. The van der Waals surface area contributed by atoms with Gasteiger partial charge < -0.3 is 107 Å². The lowest BCUT2D eigenvalue weighted by molar-refractivity contribution is -0.133. The van der Waals surface area contributed by atoms with Crippen LogP contribution in [0.15, 0.2) is 48.6 Å². The monoisotopic (exact) mass is 1690 g/mol. The first-order chi connectivity index (χ1) is 52.0. The molecule has 4 rings (SSSR count). The van der Waals surface area contributed by atoms with Gasteiger partial charge in [-0.1, -0.05) is 41.5 Å². The second-order valence-electron chi connectivity index (χ2n) is 39.9. The molecule has 0 heterocycles. The van der Waals surface area contributed by atoms with Crippen LogP contribution in [0.2, 0.25) is 0 Å². The summed E-state index contributed by atoms with van der Waals surface area (Å²) >= 11 is 2.20. The van der Waals surface area contributed by atoms with E-state index < -0.39 is 195 Å². The van der Waals surface area contributed by atoms with E-state index in [0.717, 1.165) is 23.5 Å². The van der Waals surface area contributed by atoms with E-state index in [1.54, 1.807) is 120 Å². The van der Waals surface area contributed by atoms with E-state index in [0.29, 0.717) is 6.42 Å². The normalized spacial score (nSPS) is 27.2. The number of aliphatic hydroxyl groups is 5. The largest absolute Gasteiger partial charge is 0.509 e. The third-order valence-electron chi connectivity index (χ3n) is 14.5. The number of thioether (sulfide) groups is 2. The van der Waals surface area contributed by atoms with Crippen LogP contribution in [-0.2, 0) is 71.1 Å². The van der Waals surface area contributed by atoms with Gasteiger partial charge in [0, 0.05) is 71.9 Å². The number of ether oxygens (including phenoxy) is 15. The topological polar surface area (TPSA) is 400 Å². The van der Waals surface area contributed by atoms with Crippen molar-refractivity contribution < 1.29 is 135 Å². The molecule has 0 saturated heterocycles. The van der Waals surface area contributed by atoms with Gasteiger partial charge in [0.1, 0.15) is 71.2 Å². The predicted octanol–water partition coefficient (Wildman–Crippen LogP) is 16.8. The number of hydrogen-bond donors (Lipinski definition) is 7. The first kappa shape index (κ1) is 108. The minimum Gasteiger partial charge on any atom is -0.450 e. The summed E-state index contributed by atoms with van der Waals surface area (Å²) in [5, 5.41) is 57.1. The van der Waals surface area contributed by atoms with E-state index >= 15 is 0 Å². The van der Waals surface area contributed by atoms with Crippen LogP contribution < -0.4 is 10.6 Å². The van der Waals surface area contributed by atoms with Crippen molar-refractivity contribution in [1.29, 1.82) is 0 Å². The van der Waals surface area contributed by atoms with E-state index in [1.807, 2.05) is 145 Å². The molecule has 0 fully saturated rings. The van der Waals surface area contributed by atoms with E-state index in [4.69, 9.17) is 71.1 Å². The van der Waals surface area contributed by atoms with Crippen molar-refractivity contribution in [3.8, 4) is 0 Å². The number of alkyl carbamates (subject to hydrolysis) is 2. The van der Waals surface area contributed by atoms with Gasteiger partial charge in [-0.15, -0.1) is 0 Å². The van der Waals surface area contributed by atoms with Gasteiger partial charge in [0.05, 0.1) is 65.6 Å². The molecule has 0 aliphatic heterocycles. The third kappa shape index (κ3) is 55.6. The smallest absolute Gasteiger partial charge is 0.450 e. The summed E-state index contributed by atoms with van der Waals surface area (Å²) in [6, 6.07) is 0. The highest BCUT2D eigenvalue weighted by molar-refractivity contribution is 8.14. The van der Waals surface area contributed by atoms with Crippen molar-refractivity contribution in [3.05, 3.63) is 48.6 Å². The summed E-state index contributed by atoms with van der Waals surface area (Å²) in [4.78, 5) is 96.8. The SMILES string of the molecule is CC(C)(C)NC(=O)OC1/C=C/C(OC(=O)NC(C)(C)C)CC(OC(C)(C)C)C(O)C1.CC(C)(C)OC(=O)OC1/C=C/C(OC(=O)OC(C)(C)C)CC(O)C(O)C1.CC(C)(C)OC(=O)OC1/C=C/C(OC(=O)OC(C)(C)C)CC(OC(C)(C)C)C(O)C1.CC(C)(C)OC1CC(OC(=O)SC(C)(C)C)/C=C/C(OC(=O)SC(C)(C)C)CC1O. The lowest BCUT2D eigenvalue weighted by atomic mass is 9.96. The summed E-state index contributed by atoms with van der Waals surface area (Å²) in [6.45, 7) is 60.3. The molecular weight excluding hydrogens is 1550 g/mol. The van der Waals surface area contributed by atoms with Gasteiger partial charge in [-0.2, -0.15) is 0 Å². The molecule has 0 radical (unpaired) electrons. The number of amides is 2. The summed E-state index contributed by atoms with van der Waals surface area (Å²) in [5.74, 6) is 0. The van der Waals surface area contributed by atoms with E-state index in [9.17, 15) is 63.9 Å². The van der Waals surface area contributed by atoms with Crippen LogP contribution in [0.1, 0.15) is 280 Å². The maximum absolute atomic E-state index is 12.3. The Morgan fingerprint density at radius 2 is 0.440 bits per heavy atom. The Labute approximate surface area is 699 Å². The molecule has 4 aliphatic rings. The number of carbonyl (C=O) groups is 8. The molecule has 0 aromatic carbocycles. The minimum absolute atomic E-state index is 0.00390. The molecule has 0 aromatic heterocycles. The molecule has 0 spiro atoms. The second kappa shape index (κ2) is 45.5. The Morgan fingerprint density at radius 3 is 0.638 bits per heavy atom. The van der Waals surface area contributed by atoms with Gasteiger partial charge in [-0.3, -0.25) is 0 Å². The number of aliphatic hydroxyl groups excluding tert-OH is 5. The summed E-state index contributed by atoms with van der Waals surface area (Å²) in [5.41, 5.74) is -5.27. The highest BCUT2D eigenvalue weighted by Gasteiger charge is 2.40. The Hall–Kier alpha value is -6.10. The van der Waals surface area contributed by atoms with Crippen molar-refractivity contribution in [1.82, 2.24) is 10.6 Å². The summed E-state index contributed by atoms with van der Waals surface area (Å²) < 4.78 is 81.4. The zero-order chi connectivity index (χ0) is 90.1. The van der Waals surface area contributed by atoms with Crippen LogP contribution in [0.5, 0.6) is 0 Å². The number of hydrogen-bond acceptors (Lipinski definition) is 30. The average molecular weight is 1700 g/mol. The lowest BCUT2D eigenvalue weighted by Gasteiger charge is -2.35. The first-order valence-corrected chi connectivity index (χ1v) is 41.2. The predicted molar refractivity (Wildman–Crippen MR) is 443 cm³/mol. The van der Waals surface area contributed by atoms with Crippen LogP contribution in [0.3, 0.4) is 0 Å². The van der Waals surface area contributed by atoms with Gasteiger partial charge >= 0.3 is 47.4 Å². The Balaban J connectivity index is 0.000000775. The van der Waals surface area contributed by atoms with Crippen LogP contribution >= 0.6 is 23.5 Å². The van der Waals surface area contributed by atoms with E-state index in [-0.39, 0.29) is 54.4 Å². The lowest BCUT2D eigenvalue weighted by Crippen LogP contribution is -2.46. The van der Waals surface area contributed by atoms with E-state index in [1.165, 1.54) is 12.2 Å². The Kier molecular flexibility index (Phi) is 42.3. The van der Waals surface area contributed by atoms with Gasteiger partial charge in [-0.25, -0.2) is 38.4 Å². The molecule has 0 saturated carbocycles. The molecule has 116 heavy (non-hydrogen) atoms. The summed E-state index contributed by atoms with van der Waals surface area (Å²) in [6.07, 6.45) is -2.91. The fraction of sp³-hybridized carbons (Fsp3) is 0.810. The molecular formula is C84H146N2O28S2. The van der Waals surface area contributed by atoms with Crippen LogP contribution in [0, 0.1) is 0 Å². The quantitative estimate of drug-likeness (QED) is 0.0574. The molecule has 2 amide bonds. The zero-order valence-corrected chi connectivity index (χ0v) is 77.1. The molecule has 0 aromatic rings. The Bertz CT molecular complexity index is 2890. The third-order valence-corrected chi connectivity index (χ3v) is 16.2. The second-order valence-corrected chi connectivity index (χ2v) is 43.5. The number of rotatable bonds is 11. The molecule has 7 N–H and O–H groups in total. The molecule has 32 heteroatoms. The fourth-order valence-electron chi connectivity index (χ4n) is 10.5. The van der Waals surface area contributed by atoms with Crippen molar-refractivity contribution in [2.75, 3.05) is 0 Å². The first-order valence-electron chi connectivity index (χ1n) is 39.6. The maximum Gasteiger partial charge on any atom is 0.509 e. The van der Waals surface area contributed by atoms with E-state index in [2.05, 4.69) is 10.6 Å². The highest BCUT2D eigenvalue weighted by atomic mass is 32.2. The minimum atomic E-state index is -1.16. The van der Waals surface area contributed by atoms with Gasteiger partial charge in [0.2, 0.25) is 0 Å². The molecule has 16 unspecified atom stereocenters. The standard InChI is InChI=1S/C22H40N2O6.C22H38O8.C22H38O6S2.C18H30O8/c1-20(2,3)23-18(26)28-14-10-11-15(29-19(27)24-21(4,5)6)13-17(16(25)12-14)30-22(7,8)9;2*1-20(2,3)28-17-13-15(27-19(25)30-22(7,8)9)11-10-14(12-16(17)23)26-18(24)29-21(4,5)6;1-17(2,3)25-15(21)23-11-7-8-12(10-14(20)13(19)9-11)24-16(22)26-18(4,5)6/h10-11,14-17,25H,12-13H2,1-9H3,(H,23,26)(H,24,27);2*10-11,14-17,23H,12-13H2,1-9H3;7-8,11-14,19-20H,9-10H2,1-6H3/b3*11-10+;8-7+. The van der Waals surface area contributed by atoms with Crippen molar-refractivity contribution >= 4 is 70.9 Å². The Morgan fingerprint density at radius 1 is 0.259 bits per heavy atom. The average Bonchev–Trinajstić information content (AvgIpc) is 0.852. The fourth-order valence-corrected chi connectivity index (χ4v) is 11.9.